The van der Waals surface area contributed by atoms with Crippen LogP contribution in [0.25, 0.3) is 10.2 Å². The van der Waals surface area contributed by atoms with Crippen LogP contribution in [0.2, 0.25) is 0 Å². The lowest BCUT2D eigenvalue weighted by atomic mass is 10.1. The van der Waals surface area contributed by atoms with Gasteiger partial charge in [-0.1, -0.05) is 76.1 Å². The van der Waals surface area contributed by atoms with Crippen LogP contribution in [0.4, 0.5) is 0 Å². The lowest BCUT2D eigenvalue weighted by Crippen LogP contribution is -2.24. The normalized spacial score (nSPS) is 11.2. The molecule has 172 valence electrons. The third kappa shape index (κ3) is 7.28. The zero-order valence-electron chi connectivity index (χ0n) is 18.9. The molecule has 0 atom stereocenters. The van der Waals surface area contributed by atoms with E-state index in [0.29, 0.717) is 22.3 Å². The van der Waals surface area contributed by atoms with E-state index < -0.39 is 0 Å². The van der Waals surface area contributed by atoms with Gasteiger partial charge in [0.05, 0.1) is 17.3 Å². The molecule has 6 nitrogen and oxygen atoms in total. The van der Waals surface area contributed by atoms with Gasteiger partial charge in [-0.15, -0.1) is 11.3 Å². The third-order valence-corrected chi connectivity index (χ3v) is 6.52. The molecule has 0 radical (unpaired) electrons. The van der Waals surface area contributed by atoms with Gasteiger partial charge >= 0.3 is 0 Å². The minimum atomic E-state index is -0.287. The van der Waals surface area contributed by atoms with Crippen LogP contribution in [0.3, 0.4) is 0 Å². The molecule has 3 rings (SSSR count). The molecule has 2 aromatic heterocycles. The second-order valence-corrected chi connectivity index (χ2v) is 9.07. The number of nitrogens with zero attached hydrogens (tertiary/aromatic N) is 1. The maximum atomic E-state index is 12.5. The first-order valence-electron chi connectivity index (χ1n) is 11.7. The topological polar surface area (TPSA) is 86.9 Å². The van der Waals surface area contributed by atoms with Crippen LogP contribution in [-0.2, 0) is 13.1 Å². The Hall–Kier alpha value is -2.51. The molecule has 3 N–H and O–H groups in total. The minimum Gasteiger partial charge on any atom is -0.348 e. The molecule has 7 heteroatoms. The van der Waals surface area contributed by atoms with Crippen molar-refractivity contribution in [3.8, 4) is 0 Å². The molecule has 0 saturated carbocycles. The van der Waals surface area contributed by atoms with Crippen LogP contribution in [0, 0.1) is 0 Å². The number of carbonyl (C=O) groups excluding carboxylic acids is 1. The number of carbonyl (C=O) groups is 1. The largest absolute Gasteiger partial charge is 0.348 e. The van der Waals surface area contributed by atoms with Crippen LogP contribution in [0.1, 0.15) is 79.8 Å². The van der Waals surface area contributed by atoms with Crippen molar-refractivity contribution in [1.29, 1.82) is 0 Å². The predicted octanol–water partition coefficient (Wildman–Crippen LogP) is 5.14. The Kier molecular flexibility index (Phi) is 9.91. The maximum absolute atomic E-state index is 12.5. The monoisotopic (exact) mass is 454 g/mol. The second-order valence-electron chi connectivity index (χ2n) is 8.21. The average Bonchev–Trinajstić information content (AvgIpc) is 3.25. The Morgan fingerprint density at radius 2 is 1.62 bits per heavy atom. The van der Waals surface area contributed by atoms with Crippen molar-refractivity contribution in [2.24, 2.45) is 0 Å². The molecule has 0 spiro atoms. The van der Waals surface area contributed by atoms with E-state index in [1.54, 1.807) is 5.38 Å². The summed E-state index contributed by atoms with van der Waals surface area (Å²) in [5.74, 6) is -0.258. The van der Waals surface area contributed by atoms with Crippen LogP contribution in [0.5, 0.6) is 0 Å². The highest BCUT2D eigenvalue weighted by Crippen LogP contribution is 2.20. The van der Waals surface area contributed by atoms with Crippen molar-refractivity contribution in [3.63, 3.8) is 0 Å². The summed E-state index contributed by atoms with van der Waals surface area (Å²) in [4.78, 5) is 31.8. The summed E-state index contributed by atoms with van der Waals surface area (Å²) in [7, 11) is 0. The van der Waals surface area contributed by atoms with Crippen LogP contribution in [0.15, 0.2) is 40.8 Å². The highest BCUT2D eigenvalue weighted by molar-refractivity contribution is 7.17. The zero-order valence-corrected chi connectivity index (χ0v) is 19.7. The van der Waals surface area contributed by atoms with E-state index in [-0.39, 0.29) is 11.5 Å². The van der Waals surface area contributed by atoms with E-state index in [1.165, 1.54) is 74.6 Å². The highest BCUT2D eigenvalue weighted by Gasteiger charge is 2.15. The van der Waals surface area contributed by atoms with Crippen molar-refractivity contribution in [2.45, 2.75) is 71.4 Å². The molecule has 0 aliphatic heterocycles. The fraction of sp³-hybridized carbons (Fsp3) is 0.480. The van der Waals surface area contributed by atoms with Gasteiger partial charge in [0.2, 0.25) is 0 Å². The number of rotatable bonds is 14. The molecule has 3 aromatic rings. The number of benzene rings is 1. The Bertz CT molecular complexity index is 1030. The first kappa shape index (κ1) is 24.1. The number of fused-ring (bicyclic) bond motifs is 1. The summed E-state index contributed by atoms with van der Waals surface area (Å²) < 4.78 is 0. The summed E-state index contributed by atoms with van der Waals surface area (Å²) in [5, 5.41) is 8.45. The highest BCUT2D eigenvalue weighted by atomic mass is 32.1. The molecule has 0 aliphatic carbocycles. The fourth-order valence-corrected chi connectivity index (χ4v) is 4.61. The van der Waals surface area contributed by atoms with Crippen molar-refractivity contribution < 1.29 is 4.79 Å². The van der Waals surface area contributed by atoms with E-state index in [0.717, 1.165) is 18.7 Å². The predicted molar refractivity (Wildman–Crippen MR) is 132 cm³/mol. The Balaban J connectivity index is 1.34. The van der Waals surface area contributed by atoms with E-state index in [4.69, 9.17) is 0 Å². The molecule has 0 aliphatic rings. The Labute approximate surface area is 193 Å². The van der Waals surface area contributed by atoms with Crippen molar-refractivity contribution >= 4 is 27.5 Å². The number of H-pyrrole nitrogens is 1. The number of thiophene rings is 1. The van der Waals surface area contributed by atoms with Gasteiger partial charge in [-0.25, -0.2) is 4.98 Å². The van der Waals surface area contributed by atoms with Crippen molar-refractivity contribution in [1.82, 2.24) is 20.6 Å². The van der Waals surface area contributed by atoms with Crippen LogP contribution in [-0.4, -0.2) is 22.4 Å². The van der Waals surface area contributed by atoms with Crippen LogP contribution < -0.4 is 16.2 Å². The van der Waals surface area contributed by atoms with E-state index in [1.807, 2.05) is 12.1 Å². The number of hydrogen-bond acceptors (Lipinski definition) is 5. The van der Waals surface area contributed by atoms with Crippen LogP contribution >= 0.6 is 11.3 Å². The average molecular weight is 455 g/mol. The molecule has 1 amide bonds. The lowest BCUT2D eigenvalue weighted by Gasteiger charge is -2.08. The van der Waals surface area contributed by atoms with Gasteiger partial charge in [0, 0.05) is 18.5 Å². The number of amides is 1. The minimum absolute atomic E-state index is 0.258. The van der Waals surface area contributed by atoms with E-state index in [9.17, 15) is 9.59 Å². The fourth-order valence-electron chi connectivity index (χ4n) is 3.72. The molecule has 1 aromatic carbocycles. The number of hydrogen-bond donors (Lipinski definition) is 3. The summed E-state index contributed by atoms with van der Waals surface area (Å²) >= 11 is 1.30. The molecule has 0 saturated heterocycles. The number of aromatic nitrogens is 2. The maximum Gasteiger partial charge on any atom is 0.260 e. The third-order valence-electron chi connectivity index (χ3n) is 5.63. The molecule has 32 heavy (non-hydrogen) atoms. The molecule has 0 fully saturated rings. The molecule has 2 heterocycles. The first-order valence-corrected chi connectivity index (χ1v) is 12.6. The first-order chi connectivity index (χ1) is 15.7. The van der Waals surface area contributed by atoms with Gasteiger partial charge in [0.1, 0.15) is 4.83 Å². The quantitative estimate of drug-likeness (QED) is 0.294. The zero-order chi connectivity index (χ0) is 22.6. The van der Waals surface area contributed by atoms with Gasteiger partial charge in [0.25, 0.3) is 11.5 Å². The van der Waals surface area contributed by atoms with Crippen molar-refractivity contribution in [2.75, 3.05) is 6.54 Å². The van der Waals surface area contributed by atoms with E-state index >= 15 is 0 Å². The summed E-state index contributed by atoms with van der Waals surface area (Å²) in [6, 6.07) is 8.26. The molecule has 0 unspecified atom stereocenters. The number of unbranched alkanes of at least 4 members (excludes halogenated alkanes) is 7. The van der Waals surface area contributed by atoms with Gasteiger partial charge < -0.3 is 15.6 Å². The van der Waals surface area contributed by atoms with Gasteiger partial charge in [-0.05, 0) is 24.1 Å². The van der Waals surface area contributed by atoms with E-state index in [2.05, 4.69) is 39.7 Å². The molecular weight excluding hydrogens is 420 g/mol. The smallest absolute Gasteiger partial charge is 0.260 e. The lowest BCUT2D eigenvalue weighted by molar-refractivity contribution is 0.0953. The Morgan fingerprint density at radius 3 is 2.34 bits per heavy atom. The molecule has 0 bridgehead atoms. The van der Waals surface area contributed by atoms with Gasteiger partial charge in [0.15, 0.2) is 0 Å². The summed E-state index contributed by atoms with van der Waals surface area (Å²) in [5.41, 5.74) is 2.35. The number of aromatic amines is 1. The Morgan fingerprint density at radius 1 is 0.969 bits per heavy atom. The van der Waals surface area contributed by atoms with Gasteiger partial charge in [-0.3, -0.25) is 9.59 Å². The SMILES string of the molecule is CCCCCCCCCCNCc1ccc(CNC(=O)c2csc3nc[nH]c(=O)c23)cc1. The summed E-state index contributed by atoms with van der Waals surface area (Å²) in [6.45, 7) is 4.59. The molecular formula is C25H34N4O2S. The second kappa shape index (κ2) is 13.1. The van der Waals surface area contributed by atoms with Gasteiger partial charge in [-0.2, -0.15) is 0 Å². The summed E-state index contributed by atoms with van der Waals surface area (Å²) in [6.07, 6.45) is 12.1. The standard InChI is InChI=1S/C25H34N4O2S/c1-2-3-4-5-6-7-8-9-14-26-15-19-10-12-20(13-11-19)16-27-23(30)21-17-32-25-22(21)24(31)28-18-29-25/h10-13,17-18,26H,2-9,14-16H2,1H3,(H,27,30)(H,28,29,31). The number of nitrogens with one attached hydrogen (secondary N) is 3. The van der Waals surface area contributed by atoms with Crippen molar-refractivity contribution in [3.05, 3.63) is 63.0 Å².